The number of aryl methyl sites for hydroxylation is 1. The highest BCUT2D eigenvalue weighted by Crippen LogP contribution is 2.12. The predicted molar refractivity (Wildman–Crippen MR) is 42.4 cm³/mol. The summed E-state index contributed by atoms with van der Waals surface area (Å²) in [7, 11) is 1.56. The van der Waals surface area contributed by atoms with Crippen LogP contribution in [0.4, 0.5) is 0 Å². The lowest BCUT2D eigenvalue weighted by Crippen LogP contribution is -2.15. The summed E-state index contributed by atoms with van der Waals surface area (Å²) in [5.74, 6) is -2.43. The van der Waals surface area contributed by atoms with Crippen LogP contribution in [-0.2, 0) is 11.8 Å². The molecule has 1 N–H and O–H groups in total. The first-order chi connectivity index (χ1) is 5.52. The smallest absolute Gasteiger partial charge is 0.378 e. The number of carbonyl (C=O) groups excluding carboxylic acids is 1. The molecule has 0 radical (unpaired) electrons. The predicted octanol–water partition coefficient (Wildman–Crippen LogP) is 0.946. The Morgan fingerprint density at radius 1 is 1.58 bits per heavy atom. The Kier molecular flexibility index (Phi) is 2.19. The number of carboxylic acid groups (broad SMARTS) is 1. The van der Waals surface area contributed by atoms with Crippen molar-refractivity contribution in [2.75, 3.05) is 0 Å². The Hall–Kier alpha value is -1.29. The van der Waals surface area contributed by atoms with Gasteiger partial charge >= 0.3 is 5.97 Å². The summed E-state index contributed by atoms with van der Waals surface area (Å²) >= 11 is 5.55. The van der Waals surface area contributed by atoms with Crippen molar-refractivity contribution in [2.24, 2.45) is 7.05 Å². The topological polar surface area (TPSA) is 59.3 Å². The number of rotatable bonds is 2. The van der Waals surface area contributed by atoms with Crippen molar-refractivity contribution in [1.82, 2.24) is 4.57 Å². The molecule has 12 heavy (non-hydrogen) atoms. The zero-order valence-electron chi connectivity index (χ0n) is 6.24. The van der Waals surface area contributed by atoms with E-state index in [-0.39, 0.29) is 5.69 Å². The first-order valence-electron chi connectivity index (χ1n) is 3.12. The number of hydrogen-bond donors (Lipinski definition) is 1. The van der Waals surface area contributed by atoms with Gasteiger partial charge in [-0.15, -0.1) is 0 Å². The molecule has 0 aliphatic carbocycles. The second-order valence-electron chi connectivity index (χ2n) is 2.29. The third kappa shape index (κ3) is 1.48. The van der Waals surface area contributed by atoms with Crippen molar-refractivity contribution in [3.8, 4) is 0 Å². The summed E-state index contributed by atoms with van der Waals surface area (Å²) in [6.07, 6.45) is 1.47. The molecule has 0 aliphatic rings. The van der Waals surface area contributed by atoms with Gasteiger partial charge in [0.05, 0.1) is 10.7 Å². The SMILES string of the molecule is Cn1cc(Cl)cc1C(=O)C(=O)O. The highest BCUT2D eigenvalue weighted by Gasteiger charge is 2.17. The van der Waals surface area contributed by atoms with Crippen LogP contribution < -0.4 is 0 Å². The molecule has 4 nitrogen and oxygen atoms in total. The van der Waals surface area contributed by atoms with Gasteiger partial charge in [-0.2, -0.15) is 0 Å². The molecule has 0 aromatic carbocycles. The van der Waals surface area contributed by atoms with E-state index >= 15 is 0 Å². The number of Topliss-reactive ketones (excluding diaryl/α,β-unsaturated/α-hetero) is 1. The van der Waals surface area contributed by atoms with Crippen LogP contribution in [0.5, 0.6) is 0 Å². The van der Waals surface area contributed by atoms with Crippen molar-refractivity contribution < 1.29 is 14.7 Å². The Morgan fingerprint density at radius 2 is 2.17 bits per heavy atom. The van der Waals surface area contributed by atoms with E-state index in [0.29, 0.717) is 5.02 Å². The largest absolute Gasteiger partial charge is 0.475 e. The summed E-state index contributed by atoms with van der Waals surface area (Å²) in [6.45, 7) is 0. The van der Waals surface area contributed by atoms with E-state index in [4.69, 9.17) is 16.7 Å². The van der Waals surface area contributed by atoms with Gasteiger partial charge in [0.15, 0.2) is 0 Å². The van der Waals surface area contributed by atoms with Crippen LogP contribution >= 0.6 is 11.6 Å². The molecule has 64 valence electrons. The van der Waals surface area contributed by atoms with Gasteiger partial charge in [-0.05, 0) is 6.07 Å². The fourth-order valence-electron chi connectivity index (χ4n) is 0.860. The second-order valence-corrected chi connectivity index (χ2v) is 2.73. The Labute approximate surface area is 73.4 Å². The van der Waals surface area contributed by atoms with Gasteiger partial charge in [-0.3, -0.25) is 4.79 Å². The van der Waals surface area contributed by atoms with E-state index in [1.165, 1.54) is 16.8 Å². The molecular formula is C7H6ClNO3. The lowest BCUT2D eigenvalue weighted by Gasteiger charge is -1.95. The highest BCUT2D eigenvalue weighted by atomic mass is 35.5. The van der Waals surface area contributed by atoms with Crippen LogP contribution in [0, 0.1) is 0 Å². The number of halogens is 1. The Morgan fingerprint density at radius 3 is 2.50 bits per heavy atom. The van der Waals surface area contributed by atoms with Gasteiger partial charge in [-0.1, -0.05) is 11.6 Å². The van der Waals surface area contributed by atoms with Crippen molar-refractivity contribution in [2.45, 2.75) is 0 Å². The molecule has 1 heterocycles. The van der Waals surface area contributed by atoms with Gasteiger partial charge in [0, 0.05) is 13.2 Å². The molecule has 0 amide bonds. The molecule has 0 saturated heterocycles. The Balaban J connectivity index is 3.11. The first-order valence-corrected chi connectivity index (χ1v) is 3.49. The molecule has 0 spiro atoms. The molecule has 0 aliphatic heterocycles. The maximum Gasteiger partial charge on any atom is 0.378 e. The van der Waals surface area contributed by atoms with Crippen LogP contribution in [0.1, 0.15) is 10.5 Å². The van der Waals surface area contributed by atoms with Crippen LogP contribution in [0.25, 0.3) is 0 Å². The summed E-state index contributed by atoms with van der Waals surface area (Å²) in [4.78, 5) is 21.2. The molecule has 1 aromatic rings. The molecule has 5 heteroatoms. The first kappa shape index (κ1) is 8.80. The fourth-order valence-corrected chi connectivity index (χ4v) is 1.11. The van der Waals surface area contributed by atoms with E-state index < -0.39 is 11.8 Å². The quantitative estimate of drug-likeness (QED) is 0.554. The average Bonchev–Trinajstić information content (AvgIpc) is 2.28. The van der Waals surface area contributed by atoms with E-state index in [9.17, 15) is 9.59 Å². The van der Waals surface area contributed by atoms with E-state index in [0.717, 1.165) is 0 Å². The van der Waals surface area contributed by atoms with E-state index in [1.807, 2.05) is 0 Å². The summed E-state index contributed by atoms with van der Waals surface area (Å²) in [6, 6.07) is 1.32. The fraction of sp³-hybridized carbons (Fsp3) is 0.143. The summed E-state index contributed by atoms with van der Waals surface area (Å²) in [5.41, 5.74) is 0.0764. The maximum absolute atomic E-state index is 10.9. The molecule has 0 saturated carbocycles. The van der Waals surface area contributed by atoms with Crippen molar-refractivity contribution in [3.05, 3.63) is 23.0 Å². The number of nitrogens with zero attached hydrogens (tertiary/aromatic N) is 1. The molecule has 0 atom stereocenters. The number of aromatic nitrogens is 1. The Bertz CT molecular complexity index is 342. The third-order valence-corrected chi connectivity index (χ3v) is 1.61. The summed E-state index contributed by atoms with van der Waals surface area (Å²) < 4.78 is 1.37. The highest BCUT2D eigenvalue weighted by molar-refractivity contribution is 6.40. The van der Waals surface area contributed by atoms with E-state index in [2.05, 4.69) is 0 Å². The third-order valence-electron chi connectivity index (χ3n) is 1.40. The van der Waals surface area contributed by atoms with Gasteiger partial charge < -0.3 is 9.67 Å². The van der Waals surface area contributed by atoms with Gasteiger partial charge in [-0.25, -0.2) is 4.79 Å². The van der Waals surface area contributed by atoms with Crippen molar-refractivity contribution >= 4 is 23.4 Å². The van der Waals surface area contributed by atoms with Crippen LogP contribution in [-0.4, -0.2) is 21.4 Å². The zero-order chi connectivity index (χ0) is 9.30. The van der Waals surface area contributed by atoms with Gasteiger partial charge in [0.25, 0.3) is 5.78 Å². The van der Waals surface area contributed by atoms with Crippen LogP contribution in [0.3, 0.4) is 0 Å². The van der Waals surface area contributed by atoms with Crippen LogP contribution in [0.15, 0.2) is 12.3 Å². The lowest BCUT2D eigenvalue weighted by molar-refractivity contribution is -0.131. The molecule has 1 aromatic heterocycles. The minimum atomic E-state index is -1.48. The number of carboxylic acids is 1. The molecule has 0 bridgehead atoms. The standard InChI is InChI=1S/C7H6ClNO3/c1-9-3-4(8)2-5(9)6(10)7(11)12/h2-3H,1H3,(H,11,12). The number of carbonyl (C=O) groups is 2. The number of aliphatic carboxylic acids is 1. The van der Waals surface area contributed by atoms with Crippen LogP contribution in [0.2, 0.25) is 5.02 Å². The minimum Gasteiger partial charge on any atom is -0.475 e. The van der Waals surface area contributed by atoms with E-state index in [1.54, 1.807) is 7.05 Å². The molecule has 0 unspecified atom stereocenters. The maximum atomic E-state index is 10.9. The number of hydrogen-bond acceptors (Lipinski definition) is 2. The van der Waals surface area contributed by atoms with Crippen molar-refractivity contribution in [3.63, 3.8) is 0 Å². The lowest BCUT2D eigenvalue weighted by atomic mass is 10.3. The summed E-state index contributed by atoms with van der Waals surface area (Å²) in [5, 5.41) is 8.71. The van der Waals surface area contributed by atoms with Gasteiger partial charge in [0.1, 0.15) is 0 Å². The molecular weight excluding hydrogens is 182 g/mol. The molecule has 0 fully saturated rings. The molecule has 1 rings (SSSR count). The minimum absolute atomic E-state index is 0.0764. The average molecular weight is 188 g/mol. The van der Waals surface area contributed by atoms with Crippen molar-refractivity contribution in [1.29, 1.82) is 0 Å². The number of ketones is 1. The van der Waals surface area contributed by atoms with Gasteiger partial charge in [0.2, 0.25) is 0 Å². The zero-order valence-corrected chi connectivity index (χ0v) is 7.00. The second kappa shape index (κ2) is 2.98. The monoisotopic (exact) mass is 187 g/mol. The normalized spacial score (nSPS) is 9.83.